The van der Waals surface area contributed by atoms with Crippen molar-refractivity contribution in [3.63, 3.8) is 0 Å². The fourth-order valence-corrected chi connectivity index (χ4v) is 1.59. The maximum absolute atomic E-state index is 11.7. The van der Waals surface area contributed by atoms with Gasteiger partial charge in [0.15, 0.2) is 5.84 Å². The lowest BCUT2D eigenvalue weighted by Crippen LogP contribution is -2.24. The van der Waals surface area contributed by atoms with Gasteiger partial charge in [-0.1, -0.05) is 17.3 Å². The van der Waals surface area contributed by atoms with Crippen molar-refractivity contribution in [1.82, 2.24) is 0 Å². The van der Waals surface area contributed by atoms with E-state index in [0.717, 1.165) is 5.56 Å². The van der Waals surface area contributed by atoms with Gasteiger partial charge in [0.2, 0.25) is 5.91 Å². The number of hydrogen-bond acceptors (Lipinski definition) is 4. The van der Waals surface area contributed by atoms with E-state index in [4.69, 9.17) is 15.7 Å². The Morgan fingerprint density at radius 1 is 1.53 bits per heavy atom. The molecule has 0 saturated carbocycles. The third-order valence-electron chi connectivity index (χ3n) is 2.46. The van der Waals surface area contributed by atoms with Gasteiger partial charge in [0.1, 0.15) is 6.61 Å². The lowest BCUT2D eigenvalue weighted by molar-refractivity contribution is -0.121. The van der Waals surface area contributed by atoms with E-state index in [1.165, 1.54) is 0 Å². The van der Waals surface area contributed by atoms with Crippen molar-refractivity contribution in [3.8, 4) is 0 Å². The van der Waals surface area contributed by atoms with Crippen LogP contribution in [-0.4, -0.2) is 29.7 Å². The number of aryl methyl sites for hydroxylation is 1. The summed E-state index contributed by atoms with van der Waals surface area (Å²) in [6.45, 7) is 5.47. The zero-order valence-corrected chi connectivity index (χ0v) is 11.3. The molecule has 0 spiro atoms. The van der Waals surface area contributed by atoms with Gasteiger partial charge >= 0.3 is 0 Å². The van der Waals surface area contributed by atoms with Crippen LogP contribution in [0.4, 0.5) is 5.69 Å². The van der Waals surface area contributed by atoms with Crippen LogP contribution in [0, 0.1) is 6.92 Å². The summed E-state index contributed by atoms with van der Waals surface area (Å²) in [5.74, 6) is -0.329. The Kier molecular flexibility index (Phi) is 5.32. The van der Waals surface area contributed by atoms with Crippen LogP contribution in [0.1, 0.15) is 25.0 Å². The Hall–Kier alpha value is -2.08. The van der Waals surface area contributed by atoms with Crippen molar-refractivity contribution in [3.05, 3.63) is 29.3 Å². The maximum Gasteiger partial charge on any atom is 0.250 e. The maximum atomic E-state index is 11.7. The topological polar surface area (TPSA) is 96.9 Å². The molecule has 104 valence electrons. The van der Waals surface area contributed by atoms with E-state index in [1.54, 1.807) is 12.1 Å². The van der Waals surface area contributed by atoms with Gasteiger partial charge in [-0.05, 0) is 32.4 Å². The minimum Gasteiger partial charge on any atom is -0.409 e. The highest BCUT2D eigenvalue weighted by atomic mass is 16.5. The third-order valence-corrected chi connectivity index (χ3v) is 2.46. The summed E-state index contributed by atoms with van der Waals surface area (Å²) < 4.78 is 5.21. The zero-order chi connectivity index (χ0) is 14.4. The Morgan fingerprint density at radius 3 is 2.79 bits per heavy atom. The van der Waals surface area contributed by atoms with Crippen molar-refractivity contribution in [2.75, 3.05) is 11.9 Å². The van der Waals surface area contributed by atoms with Crippen LogP contribution in [0.15, 0.2) is 23.4 Å². The molecule has 0 aromatic heterocycles. The van der Waals surface area contributed by atoms with Crippen LogP contribution >= 0.6 is 0 Å². The smallest absolute Gasteiger partial charge is 0.250 e. The van der Waals surface area contributed by atoms with Crippen molar-refractivity contribution in [2.45, 2.75) is 26.9 Å². The van der Waals surface area contributed by atoms with Gasteiger partial charge in [-0.2, -0.15) is 0 Å². The normalized spacial score (nSPS) is 11.7. The molecule has 1 amide bonds. The molecule has 0 aliphatic heterocycles. The fourth-order valence-electron chi connectivity index (χ4n) is 1.59. The molecule has 6 nitrogen and oxygen atoms in total. The number of ether oxygens (including phenoxy) is 1. The number of amidine groups is 1. The Bertz CT molecular complexity index is 484. The molecule has 6 heteroatoms. The van der Waals surface area contributed by atoms with Crippen LogP contribution in [0.5, 0.6) is 0 Å². The molecule has 0 bridgehead atoms. The summed E-state index contributed by atoms with van der Waals surface area (Å²) in [6.07, 6.45) is -0.0215. The third kappa shape index (κ3) is 4.26. The number of anilines is 1. The Balaban J connectivity index is 2.89. The van der Waals surface area contributed by atoms with Crippen molar-refractivity contribution >= 4 is 17.4 Å². The number of nitrogens with two attached hydrogens (primary N) is 1. The second-order valence-electron chi connectivity index (χ2n) is 4.39. The quantitative estimate of drug-likeness (QED) is 0.325. The monoisotopic (exact) mass is 265 g/mol. The second kappa shape index (κ2) is 6.75. The van der Waals surface area contributed by atoms with E-state index >= 15 is 0 Å². The van der Waals surface area contributed by atoms with Gasteiger partial charge in [-0.25, -0.2) is 0 Å². The zero-order valence-electron chi connectivity index (χ0n) is 11.3. The molecule has 0 aliphatic rings. The highest BCUT2D eigenvalue weighted by molar-refractivity contribution is 6.06. The van der Waals surface area contributed by atoms with Crippen molar-refractivity contribution in [1.29, 1.82) is 0 Å². The molecule has 0 unspecified atom stereocenters. The number of amides is 1. The molecule has 0 fully saturated rings. The molecule has 4 N–H and O–H groups in total. The standard InChI is InChI=1S/C13H19N3O3/c1-8(2)19-7-11(17)15-10-6-4-5-9(3)12(10)13(14)16-18/h4-6,8,18H,7H2,1-3H3,(H2,14,16)(H,15,17). The predicted molar refractivity (Wildman–Crippen MR) is 73.4 cm³/mol. The number of benzene rings is 1. The van der Waals surface area contributed by atoms with E-state index in [9.17, 15) is 4.79 Å². The first-order chi connectivity index (χ1) is 8.95. The second-order valence-corrected chi connectivity index (χ2v) is 4.39. The van der Waals surface area contributed by atoms with Gasteiger partial charge in [0, 0.05) is 5.56 Å². The van der Waals surface area contributed by atoms with Crippen molar-refractivity contribution < 1.29 is 14.7 Å². The highest BCUT2D eigenvalue weighted by Gasteiger charge is 2.13. The van der Waals surface area contributed by atoms with Gasteiger partial charge in [0.05, 0.1) is 11.8 Å². The van der Waals surface area contributed by atoms with Crippen LogP contribution in [-0.2, 0) is 9.53 Å². The van der Waals surface area contributed by atoms with Gasteiger partial charge in [0.25, 0.3) is 0 Å². The fraction of sp³-hybridized carbons (Fsp3) is 0.385. The number of hydrogen-bond donors (Lipinski definition) is 3. The molecule has 0 aliphatic carbocycles. The SMILES string of the molecule is Cc1cccc(NC(=O)COC(C)C)c1/C(N)=N/O. The predicted octanol–water partition coefficient (Wildman–Crippen LogP) is 1.45. The largest absolute Gasteiger partial charge is 0.409 e. The average Bonchev–Trinajstić information content (AvgIpc) is 2.36. The van der Waals surface area contributed by atoms with E-state index in [0.29, 0.717) is 11.3 Å². The summed E-state index contributed by atoms with van der Waals surface area (Å²) in [4.78, 5) is 11.7. The van der Waals surface area contributed by atoms with Crippen LogP contribution < -0.4 is 11.1 Å². The number of rotatable bonds is 5. The number of nitrogens with one attached hydrogen (secondary N) is 1. The van der Waals surface area contributed by atoms with Gasteiger partial charge in [-0.3, -0.25) is 4.79 Å². The first kappa shape index (κ1) is 15.0. The summed E-state index contributed by atoms with van der Waals surface area (Å²) in [5, 5.41) is 14.4. The molecule has 1 rings (SSSR count). The van der Waals surface area contributed by atoms with Crippen molar-refractivity contribution in [2.24, 2.45) is 10.9 Å². The van der Waals surface area contributed by atoms with E-state index < -0.39 is 0 Å². The van der Waals surface area contributed by atoms with Gasteiger partial charge < -0.3 is 21.0 Å². The molecular weight excluding hydrogens is 246 g/mol. The van der Waals surface area contributed by atoms with Crippen LogP contribution in [0.2, 0.25) is 0 Å². The summed E-state index contributed by atoms with van der Waals surface area (Å²) in [6, 6.07) is 5.28. The first-order valence-corrected chi connectivity index (χ1v) is 5.94. The number of carbonyl (C=O) groups is 1. The lowest BCUT2D eigenvalue weighted by atomic mass is 10.1. The van der Waals surface area contributed by atoms with E-state index in [2.05, 4.69) is 10.5 Å². The molecule has 0 radical (unpaired) electrons. The summed E-state index contributed by atoms with van der Waals surface area (Å²) in [7, 11) is 0. The highest BCUT2D eigenvalue weighted by Crippen LogP contribution is 2.19. The lowest BCUT2D eigenvalue weighted by Gasteiger charge is -2.13. The molecular formula is C13H19N3O3. The number of nitrogens with zero attached hydrogens (tertiary/aromatic N) is 1. The minimum atomic E-state index is -0.286. The summed E-state index contributed by atoms with van der Waals surface area (Å²) in [5.41, 5.74) is 7.41. The molecule has 0 saturated heterocycles. The number of carbonyl (C=O) groups excluding carboxylic acids is 1. The van der Waals surface area contributed by atoms with E-state index in [1.807, 2.05) is 26.8 Å². The molecule has 1 aromatic rings. The summed E-state index contributed by atoms with van der Waals surface area (Å²) >= 11 is 0. The van der Waals surface area contributed by atoms with Crippen LogP contribution in [0.3, 0.4) is 0 Å². The first-order valence-electron chi connectivity index (χ1n) is 5.94. The minimum absolute atomic E-state index is 0.0215. The van der Waals surface area contributed by atoms with Crippen LogP contribution in [0.25, 0.3) is 0 Å². The Labute approximate surface area is 112 Å². The molecule has 0 atom stereocenters. The molecule has 19 heavy (non-hydrogen) atoms. The molecule has 1 aromatic carbocycles. The number of oxime groups is 1. The van der Waals surface area contributed by atoms with Gasteiger partial charge in [-0.15, -0.1) is 0 Å². The Morgan fingerprint density at radius 2 is 2.21 bits per heavy atom. The van der Waals surface area contributed by atoms with E-state index in [-0.39, 0.29) is 24.5 Å². The molecule has 0 heterocycles. The average molecular weight is 265 g/mol.